The number of hydrogen-bond donors (Lipinski definition) is 1. The summed E-state index contributed by atoms with van der Waals surface area (Å²) >= 11 is 0. The number of hydrogen-bond acceptors (Lipinski definition) is 4. The van der Waals surface area contributed by atoms with Crippen molar-refractivity contribution in [2.45, 2.75) is 40.2 Å². The maximum Gasteiger partial charge on any atom is 0.273 e. The van der Waals surface area contributed by atoms with E-state index >= 15 is 0 Å². The van der Waals surface area contributed by atoms with Gasteiger partial charge in [-0.2, -0.15) is 5.10 Å². The fraction of sp³-hybridized carbons (Fsp3) is 0.333. The van der Waals surface area contributed by atoms with Crippen LogP contribution < -0.4 is 5.43 Å². The van der Waals surface area contributed by atoms with E-state index < -0.39 is 10.8 Å². The van der Waals surface area contributed by atoms with Gasteiger partial charge in [-0.25, -0.2) is 5.43 Å². The van der Waals surface area contributed by atoms with Crippen molar-refractivity contribution in [3.63, 3.8) is 0 Å². The number of aryl methyl sites for hydroxylation is 1. The fourth-order valence-electron chi connectivity index (χ4n) is 2.95. The van der Waals surface area contributed by atoms with Crippen LogP contribution in [0, 0.1) is 24.0 Å². The third kappa shape index (κ3) is 4.32. The lowest BCUT2D eigenvalue weighted by Crippen LogP contribution is -2.20. The number of nitro benzene ring substituents is 1. The number of nitrogens with zero attached hydrogens (tertiary/aromatic N) is 3. The van der Waals surface area contributed by atoms with E-state index in [2.05, 4.69) is 28.9 Å². The summed E-state index contributed by atoms with van der Waals surface area (Å²) in [6.07, 6.45) is 1.50. The molecule has 1 aromatic heterocycles. The lowest BCUT2D eigenvalue weighted by Gasteiger charge is -2.13. The summed E-state index contributed by atoms with van der Waals surface area (Å²) in [6.45, 7) is 8.24. The Hall–Kier alpha value is -2.96. The molecule has 1 heterocycles. The first-order valence-corrected chi connectivity index (χ1v) is 8.04. The van der Waals surface area contributed by atoms with Gasteiger partial charge in [0.15, 0.2) is 0 Å². The van der Waals surface area contributed by atoms with Gasteiger partial charge in [0.2, 0.25) is 5.91 Å². The molecule has 0 spiro atoms. The first-order valence-electron chi connectivity index (χ1n) is 8.04. The molecule has 7 nitrogen and oxygen atoms in total. The highest BCUT2D eigenvalue weighted by molar-refractivity contribution is 5.84. The van der Waals surface area contributed by atoms with Crippen molar-refractivity contribution >= 4 is 17.8 Å². The van der Waals surface area contributed by atoms with Gasteiger partial charge in [0.25, 0.3) is 5.69 Å². The second-order valence-corrected chi connectivity index (χ2v) is 6.15. The highest BCUT2D eigenvalue weighted by Crippen LogP contribution is 2.19. The Kier molecular flexibility index (Phi) is 5.69. The van der Waals surface area contributed by atoms with Crippen molar-refractivity contribution in [2.24, 2.45) is 5.10 Å². The first-order chi connectivity index (χ1) is 11.8. The van der Waals surface area contributed by atoms with Gasteiger partial charge in [-0.15, -0.1) is 0 Å². The zero-order chi connectivity index (χ0) is 18.6. The molecular weight excluding hydrogens is 320 g/mol. The van der Waals surface area contributed by atoms with Gasteiger partial charge >= 0.3 is 0 Å². The summed E-state index contributed by atoms with van der Waals surface area (Å²) < 4.78 is 2.19. The molecule has 2 rings (SSSR count). The second kappa shape index (κ2) is 7.74. The molecule has 0 aliphatic carbocycles. The highest BCUT2D eigenvalue weighted by Gasteiger charge is 2.15. The minimum Gasteiger partial charge on any atom is -0.346 e. The molecular formula is C18H22N4O3. The molecule has 1 aromatic carbocycles. The number of aromatic nitrogens is 1. The minimum absolute atomic E-state index is 0.0675. The van der Waals surface area contributed by atoms with Gasteiger partial charge in [0, 0.05) is 34.6 Å². The molecule has 25 heavy (non-hydrogen) atoms. The molecule has 0 aliphatic rings. The summed E-state index contributed by atoms with van der Waals surface area (Å²) in [5, 5.41) is 14.9. The van der Waals surface area contributed by atoms with E-state index in [4.69, 9.17) is 0 Å². The van der Waals surface area contributed by atoms with E-state index in [-0.39, 0.29) is 12.1 Å². The molecule has 0 atom stereocenters. The number of rotatable bonds is 6. The number of nitro groups is 1. The lowest BCUT2D eigenvalue weighted by atomic mass is 10.1. The quantitative estimate of drug-likeness (QED) is 0.496. The molecule has 2 aromatic rings. The van der Waals surface area contributed by atoms with Gasteiger partial charge in [0.1, 0.15) is 0 Å². The number of hydrazone groups is 1. The molecule has 0 bridgehead atoms. The van der Waals surface area contributed by atoms with E-state index in [1.54, 1.807) is 24.4 Å². The fourth-order valence-corrected chi connectivity index (χ4v) is 2.95. The summed E-state index contributed by atoms with van der Waals surface area (Å²) in [4.78, 5) is 22.5. The van der Waals surface area contributed by atoms with E-state index in [1.807, 2.05) is 19.9 Å². The number of carbonyl (C=O) groups excluding carboxylic acids is 1. The SMILES string of the molecule is Cc1cc(/C=N/NC(=O)Cc2ccccc2[N+](=O)[O-])c(C)n1C(C)C. The average Bonchev–Trinajstić information content (AvgIpc) is 2.81. The average molecular weight is 342 g/mol. The Balaban J connectivity index is 2.05. The highest BCUT2D eigenvalue weighted by atomic mass is 16.6. The normalized spacial score (nSPS) is 11.2. The Morgan fingerprint density at radius 3 is 2.64 bits per heavy atom. The largest absolute Gasteiger partial charge is 0.346 e. The van der Waals surface area contributed by atoms with Gasteiger partial charge in [-0.3, -0.25) is 14.9 Å². The number of benzene rings is 1. The van der Waals surface area contributed by atoms with Crippen LogP contribution >= 0.6 is 0 Å². The summed E-state index contributed by atoms with van der Waals surface area (Å²) in [6, 6.07) is 8.54. The van der Waals surface area contributed by atoms with Crippen molar-refractivity contribution in [2.75, 3.05) is 0 Å². The van der Waals surface area contributed by atoms with Crippen LogP contribution in [0.4, 0.5) is 5.69 Å². The topological polar surface area (TPSA) is 89.5 Å². The standard InChI is InChI=1S/C18H22N4O3/c1-12(2)21-13(3)9-16(14(21)4)11-19-20-18(23)10-15-7-5-6-8-17(15)22(24)25/h5-9,11-12H,10H2,1-4H3,(H,20,23)/b19-11+. The number of carbonyl (C=O) groups is 1. The first kappa shape index (κ1) is 18.4. The molecule has 1 amide bonds. The van der Waals surface area contributed by atoms with Crippen LogP contribution in [0.3, 0.4) is 0 Å². The number of para-hydroxylation sites is 1. The Bertz CT molecular complexity index is 822. The summed E-state index contributed by atoms with van der Waals surface area (Å²) in [7, 11) is 0. The van der Waals surface area contributed by atoms with Crippen molar-refractivity contribution in [1.82, 2.24) is 9.99 Å². The molecule has 0 saturated heterocycles. The van der Waals surface area contributed by atoms with Crippen molar-refractivity contribution < 1.29 is 9.72 Å². The third-order valence-corrected chi connectivity index (χ3v) is 3.97. The van der Waals surface area contributed by atoms with Crippen LogP contribution in [0.2, 0.25) is 0 Å². The second-order valence-electron chi connectivity index (χ2n) is 6.15. The van der Waals surface area contributed by atoms with Gasteiger partial charge < -0.3 is 4.57 Å². The molecule has 0 fully saturated rings. The van der Waals surface area contributed by atoms with E-state index in [0.29, 0.717) is 11.6 Å². The van der Waals surface area contributed by atoms with Gasteiger partial charge in [-0.05, 0) is 33.8 Å². The molecule has 7 heteroatoms. The van der Waals surface area contributed by atoms with Gasteiger partial charge in [0.05, 0.1) is 17.6 Å². The van der Waals surface area contributed by atoms with Crippen LogP contribution in [0.25, 0.3) is 0 Å². The van der Waals surface area contributed by atoms with Crippen molar-refractivity contribution in [3.8, 4) is 0 Å². The van der Waals surface area contributed by atoms with Gasteiger partial charge in [-0.1, -0.05) is 18.2 Å². The zero-order valence-corrected chi connectivity index (χ0v) is 14.8. The van der Waals surface area contributed by atoms with E-state index in [0.717, 1.165) is 17.0 Å². The van der Waals surface area contributed by atoms with Crippen LogP contribution in [0.5, 0.6) is 0 Å². The molecule has 0 radical (unpaired) electrons. The minimum atomic E-state index is -0.493. The van der Waals surface area contributed by atoms with Crippen LogP contribution in [-0.2, 0) is 11.2 Å². The smallest absolute Gasteiger partial charge is 0.273 e. The number of amides is 1. The Morgan fingerprint density at radius 2 is 2.04 bits per heavy atom. The van der Waals surface area contributed by atoms with Crippen molar-refractivity contribution in [3.05, 3.63) is 63.0 Å². The molecule has 0 saturated carbocycles. The Labute approximate surface area is 146 Å². The number of nitrogens with one attached hydrogen (secondary N) is 1. The zero-order valence-electron chi connectivity index (χ0n) is 14.8. The van der Waals surface area contributed by atoms with Crippen molar-refractivity contribution in [1.29, 1.82) is 0 Å². The van der Waals surface area contributed by atoms with E-state index in [1.165, 1.54) is 6.07 Å². The lowest BCUT2D eigenvalue weighted by molar-refractivity contribution is -0.385. The third-order valence-electron chi connectivity index (χ3n) is 3.97. The van der Waals surface area contributed by atoms with Crippen LogP contribution in [0.15, 0.2) is 35.4 Å². The molecule has 0 aliphatic heterocycles. The molecule has 0 unspecified atom stereocenters. The molecule has 132 valence electrons. The van der Waals surface area contributed by atoms with Crippen LogP contribution in [0.1, 0.15) is 42.4 Å². The van der Waals surface area contributed by atoms with Crippen LogP contribution in [-0.4, -0.2) is 21.6 Å². The Morgan fingerprint density at radius 1 is 1.36 bits per heavy atom. The summed E-state index contributed by atoms with van der Waals surface area (Å²) in [5.41, 5.74) is 5.85. The predicted octanol–water partition coefficient (Wildman–Crippen LogP) is 3.29. The monoisotopic (exact) mass is 342 g/mol. The summed E-state index contributed by atoms with van der Waals surface area (Å²) in [5.74, 6) is -0.400. The predicted molar refractivity (Wildman–Crippen MR) is 96.8 cm³/mol. The van der Waals surface area contributed by atoms with E-state index in [9.17, 15) is 14.9 Å². The maximum atomic E-state index is 12.0. The molecule has 1 N–H and O–H groups in total. The maximum absolute atomic E-state index is 12.0.